The minimum absolute atomic E-state index is 0.182. The summed E-state index contributed by atoms with van der Waals surface area (Å²) in [7, 11) is -7.82. The second kappa shape index (κ2) is 5.44. The number of terminal acetylenes is 1. The van der Waals surface area contributed by atoms with Gasteiger partial charge in [0.25, 0.3) is 5.08 Å². The Morgan fingerprint density at radius 2 is 1.62 bits per heavy atom. The molecule has 0 amide bonds. The topological polar surface area (TPSA) is 113 Å². The monoisotopic (exact) mass is 272 g/mol. The zero-order valence-corrected chi connectivity index (χ0v) is 10.6. The summed E-state index contributed by atoms with van der Waals surface area (Å²) in [6.07, 6.45) is 4.15. The third-order valence-corrected chi connectivity index (χ3v) is 6.77. The van der Waals surface area contributed by atoms with Gasteiger partial charge in [-0.05, 0) is 0 Å². The Morgan fingerprint density at radius 1 is 1.25 bits per heavy atom. The van der Waals surface area contributed by atoms with E-state index in [-0.39, 0.29) is 6.42 Å². The van der Waals surface area contributed by atoms with Crippen molar-refractivity contribution >= 4 is 15.2 Å². The Labute approximate surface area is 93.5 Å². The molecule has 94 valence electrons. The van der Waals surface area contributed by atoms with Crippen molar-refractivity contribution in [2.75, 3.05) is 14.2 Å². The maximum Gasteiger partial charge on any atom is 0.371 e. The molecule has 0 heterocycles. The third-order valence-electron chi connectivity index (χ3n) is 2.00. The van der Waals surface area contributed by atoms with Crippen molar-refractivity contribution < 1.29 is 33.1 Å². The van der Waals surface area contributed by atoms with Gasteiger partial charge in [-0.3, -0.25) is 9.13 Å². The summed E-state index contributed by atoms with van der Waals surface area (Å²) in [6, 6.07) is 0. The van der Waals surface area contributed by atoms with Crippen molar-refractivity contribution in [3.05, 3.63) is 0 Å². The van der Waals surface area contributed by atoms with E-state index in [1.807, 2.05) is 0 Å². The number of hydrogen-bond acceptors (Lipinski definition) is 5. The summed E-state index contributed by atoms with van der Waals surface area (Å²) < 4.78 is 31.4. The molecule has 0 bridgehead atoms. The van der Waals surface area contributed by atoms with Gasteiger partial charge in [0, 0.05) is 27.1 Å². The summed E-state index contributed by atoms with van der Waals surface area (Å²) in [4.78, 5) is 18.7. The Kier molecular flexibility index (Phi) is 5.37. The average Bonchev–Trinajstić information content (AvgIpc) is 2.25. The van der Waals surface area contributed by atoms with Crippen molar-refractivity contribution in [3.63, 3.8) is 0 Å². The minimum Gasteiger partial charge on any atom is -0.367 e. The van der Waals surface area contributed by atoms with E-state index in [9.17, 15) is 24.0 Å². The first-order chi connectivity index (χ1) is 7.18. The smallest absolute Gasteiger partial charge is 0.367 e. The van der Waals surface area contributed by atoms with Crippen molar-refractivity contribution in [2.45, 2.75) is 17.9 Å². The molecule has 0 saturated heterocycles. The van der Waals surface area contributed by atoms with Gasteiger partial charge in [0.2, 0.25) is 0 Å². The molecule has 0 rings (SSSR count). The standard InChI is InChI=1S/C7H14O7P2/c1-4-5-6-7(8,15(9,10)13-2)16(11,12)14-3/h1,8H,5-6H2,2-3H3,(H,9,10)(H,11,12). The van der Waals surface area contributed by atoms with Gasteiger partial charge in [0.15, 0.2) is 0 Å². The summed E-state index contributed by atoms with van der Waals surface area (Å²) in [5.41, 5.74) is 0. The molecule has 0 fully saturated rings. The van der Waals surface area contributed by atoms with Crippen molar-refractivity contribution in [1.82, 2.24) is 0 Å². The van der Waals surface area contributed by atoms with Crippen LogP contribution in [0.1, 0.15) is 12.8 Å². The van der Waals surface area contributed by atoms with Gasteiger partial charge < -0.3 is 23.9 Å². The van der Waals surface area contributed by atoms with E-state index in [2.05, 4.69) is 15.0 Å². The van der Waals surface area contributed by atoms with Crippen LogP contribution in [0.5, 0.6) is 0 Å². The summed E-state index contributed by atoms with van der Waals surface area (Å²) >= 11 is 0. The van der Waals surface area contributed by atoms with Crippen LogP contribution in [-0.2, 0) is 18.2 Å². The van der Waals surface area contributed by atoms with Gasteiger partial charge in [0.05, 0.1) is 0 Å². The van der Waals surface area contributed by atoms with E-state index < -0.39 is 26.7 Å². The van der Waals surface area contributed by atoms with Crippen LogP contribution in [0.2, 0.25) is 0 Å². The van der Waals surface area contributed by atoms with E-state index in [0.717, 1.165) is 14.2 Å². The molecule has 2 unspecified atom stereocenters. The van der Waals surface area contributed by atoms with Crippen LogP contribution < -0.4 is 0 Å². The summed E-state index contributed by atoms with van der Waals surface area (Å²) in [5, 5.41) is 6.91. The van der Waals surface area contributed by atoms with Gasteiger partial charge in [-0.15, -0.1) is 12.3 Å². The van der Waals surface area contributed by atoms with E-state index in [4.69, 9.17) is 6.42 Å². The van der Waals surface area contributed by atoms with Crippen LogP contribution in [0.4, 0.5) is 0 Å². The molecule has 0 aromatic heterocycles. The molecule has 0 aromatic rings. The molecule has 3 N–H and O–H groups in total. The quantitative estimate of drug-likeness (QED) is 0.482. The second-order valence-electron chi connectivity index (χ2n) is 2.88. The number of hydrogen-bond donors (Lipinski definition) is 3. The summed E-state index contributed by atoms with van der Waals surface area (Å²) in [6.45, 7) is 0. The molecule has 16 heavy (non-hydrogen) atoms. The van der Waals surface area contributed by atoms with Crippen molar-refractivity contribution in [2.24, 2.45) is 0 Å². The summed E-state index contributed by atoms with van der Waals surface area (Å²) in [5.74, 6) is 2.08. The number of rotatable bonds is 6. The first-order valence-electron chi connectivity index (χ1n) is 4.11. The molecule has 0 aromatic carbocycles. The lowest BCUT2D eigenvalue weighted by molar-refractivity contribution is 0.111. The fraction of sp³-hybridized carbons (Fsp3) is 0.714. The molecule has 2 atom stereocenters. The van der Waals surface area contributed by atoms with Crippen LogP contribution >= 0.6 is 15.2 Å². The highest BCUT2D eigenvalue weighted by Gasteiger charge is 2.60. The van der Waals surface area contributed by atoms with Crippen LogP contribution in [0, 0.1) is 12.3 Å². The van der Waals surface area contributed by atoms with Crippen LogP contribution in [0.25, 0.3) is 0 Å². The maximum absolute atomic E-state index is 11.5. The van der Waals surface area contributed by atoms with Gasteiger partial charge >= 0.3 is 15.2 Å². The normalized spacial score (nSPS) is 22.5. The fourth-order valence-electron chi connectivity index (χ4n) is 0.975. The lowest BCUT2D eigenvalue weighted by Gasteiger charge is -2.32. The molecule has 0 aliphatic heterocycles. The molecular weight excluding hydrogens is 258 g/mol. The van der Waals surface area contributed by atoms with Crippen LogP contribution in [0.15, 0.2) is 0 Å². The lowest BCUT2D eigenvalue weighted by atomic mass is 10.3. The third kappa shape index (κ3) is 2.73. The zero-order chi connectivity index (χ0) is 13.0. The van der Waals surface area contributed by atoms with E-state index in [1.165, 1.54) is 0 Å². The van der Waals surface area contributed by atoms with Gasteiger partial charge in [-0.25, -0.2) is 0 Å². The predicted molar refractivity (Wildman–Crippen MR) is 56.7 cm³/mol. The minimum atomic E-state index is -4.74. The maximum atomic E-state index is 11.5. The van der Waals surface area contributed by atoms with Gasteiger partial charge in [-0.2, -0.15) is 0 Å². The fourth-order valence-corrected chi connectivity index (χ4v) is 4.12. The van der Waals surface area contributed by atoms with Gasteiger partial charge in [0.1, 0.15) is 0 Å². The largest absolute Gasteiger partial charge is 0.371 e. The Balaban J connectivity index is 5.47. The Morgan fingerprint density at radius 3 is 1.88 bits per heavy atom. The first kappa shape index (κ1) is 15.8. The highest BCUT2D eigenvalue weighted by molar-refractivity contribution is 7.72. The molecule has 0 radical (unpaired) electrons. The van der Waals surface area contributed by atoms with Crippen molar-refractivity contribution in [1.29, 1.82) is 0 Å². The molecule has 0 spiro atoms. The number of aliphatic hydroxyl groups is 1. The Hall–Kier alpha value is -0.180. The molecular formula is C7H14O7P2. The Bertz CT molecular complexity index is 347. The lowest BCUT2D eigenvalue weighted by Crippen LogP contribution is -2.29. The van der Waals surface area contributed by atoms with E-state index in [1.54, 1.807) is 0 Å². The zero-order valence-electron chi connectivity index (χ0n) is 8.86. The van der Waals surface area contributed by atoms with E-state index >= 15 is 0 Å². The second-order valence-corrected chi connectivity index (χ2v) is 7.53. The highest BCUT2D eigenvalue weighted by atomic mass is 31.2. The molecule has 7 nitrogen and oxygen atoms in total. The van der Waals surface area contributed by atoms with Crippen molar-refractivity contribution in [3.8, 4) is 12.3 Å². The van der Waals surface area contributed by atoms with Gasteiger partial charge in [-0.1, -0.05) is 0 Å². The average molecular weight is 272 g/mol. The molecule has 0 aliphatic rings. The van der Waals surface area contributed by atoms with E-state index in [0.29, 0.717) is 0 Å². The van der Waals surface area contributed by atoms with Crippen LogP contribution in [0.3, 0.4) is 0 Å². The molecule has 0 saturated carbocycles. The van der Waals surface area contributed by atoms with Crippen LogP contribution in [-0.4, -0.2) is 34.2 Å². The SMILES string of the molecule is C#CCCC(O)(P(=O)(O)OC)P(=O)(O)OC. The highest BCUT2D eigenvalue weighted by Crippen LogP contribution is 2.73. The molecule has 0 aliphatic carbocycles. The molecule has 9 heteroatoms. The predicted octanol–water partition coefficient (Wildman–Crippen LogP) is 0.709. The first-order valence-corrected chi connectivity index (χ1v) is 7.27.